The summed E-state index contributed by atoms with van der Waals surface area (Å²) in [4.78, 5) is 0. The fourth-order valence-electron chi connectivity index (χ4n) is 6.83. The molecular formula is C40H84N8O2P4. The van der Waals surface area contributed by atoms with Crippen LogP contribution in [0.15, 0.2) is 33.1 Å². The Labute approximate surface area is 339 Å². The van der Waals surface area contributed by atoms with Crippen molar-refractivity contribution in [1.29, 1.82) is 0 Å². The van der Waals surface area contributed by atoms with Gasteiger partial charge in [0.05, 0.1) is 0 Å². The molecule has 2 rings (SSSR count). The van der Waals surface area contributed by atoms with Crippen LogP contribution in [0.1, 0.15) is 111 Å². The molecule has 316 valence electrons. The van der Waals surface area contributed by atoms with Crippen LogP contribution in [0.3, 0.4) is 0 Å². The first kappa shape index (κ1) is 52.0. The molecular weight excluding hydrogens is 748 g/mol. The van der Waals surface area contributed by atoms with Crippen LogP contribution < -0.4 is 22.0 Å². The molecule has 0 saturated carbocycles. The smallest absolute Gasteiger partial charge is 0.157 e. The van der Waals surface area contributed by atoms with Crippen LogP contribution in [-0.4, -0.2) is 142 Å². The molecule has 0 atom stereocenters. The zero-order chi connectivity index (χ0) is 40.8. The van der Waals surface area contributed by atoms with Gasteiger partial charge in [0.2, 0.25) is 0 Å². The van der Waals surface area contributed by atoms with Crippen molar-refractivity contribution in [1.82, 2.24) is 37.4 Å². The van der Waals surface area contributed by atoms with Gasteiger partial charge in [-0.1, -0.05) is 111 Å². The summed E-state index contributed by atoms with van der Waals surface area (Å²) < 4.78 is 33.7. The highest BCUT2D eigenvalue weighted by molar-refractivity contribution is 7.62. The molecule has 0 aliphatic carbocycles. The fourth-order valence-corrected chi connectivity index (χ4v) is 16.5. The molecule has 0 unspecified atom stereocenters. The van der Waals surface area contributed by atoms with Gasteiger partial charge in [0.1, 0.15) is 32.9 Å². The minimum Gasteiger partial charge on any atom is -0.451 e. The lowest BCUT2D eigenvalue weighted by atomic mass is 10.7. The quantitative estimate of drug-likeness (QED) is 0.0777. The predicted octanol–water partition coefficient (Wildman–Crippen LogP) is 9.04. The van der Waals surface area contributed by atoms with Gasteiger partial charge in [0, 0.05) is 105 Å². The van der Waals surface area contributed by atoms with Crippen LogP contribution in [0.4, 0.5) is 0 Å². The number of nitrogens with zero attached hydrogens (tertiary/aromatic N) is 8. The molecule has 0 radical (unpaired) electrons. The van der Waals surface area contributed by atoms with Crippen molar-refractivity contribution in [3.8, 4) is 0 Å². The lowest BCUT2D eigenvalue weighted by molar-refractivity contribution is 0.418. The normalized spacial score (nSPS) is 12.7. The number of hydrogen-bond donors (Lipinski definition) is 0. The van der Waals surface area contributed by atoms with Gasteiger partial charge in [0.25, 0.3) is 0 Å². The van der Waals surface area contributed by atoms with Crippen LogP contribution >= 0.6 is 32.9 Å². The summed E-state index contributed by atoms with van der Waals surface area (Å²) in [5, 5.41) is 0. The largest absolute Gasteiger partial charge is 0.451 e. The van der Waals surface area contributed by atoms with Gasteiger partial charge in [-0.05, 0) is 24.3 Å². The molecule has 0 aromatic carbocycles. The summed E-state index contributed by atoms with van der Waals surface area (Å²) in [5.41, 5.74) is 4.61. The topological polar surface area (TPSA) is 52.2 Å². The zero-order valence-corrected chi connectivity index (χ0v) is 41.4. The molecule has 0 aliphatic heterocycles. The molecule has 0 saturated heterocycles. The van der Waals surface area contributed by atoms with Crippen LogP contribution in [0, 0.1) is 0 Å². The molecule has 2 aromatic rings. The van der Waals surface area contributed by atoms with Crippen molar-refractivity contribution in [3.63, 3.8) is 0 Å². The van der Waals surface area contributed by atoms with E-state index in [2.05, 4.69) is 172 Å². The second-order valence-corrected chi connectivity index (χ2v) is 21.1. The Hall–Kier alpha value is -0.0400. The van der Waals surface area contributed by atoms with Crippen LogP contribution in [-0.2, 0) is 0 Å². The Balaban J connectivity index is 0.000000540. The Morgan fingerprint density at radius 1 is 0.259 bits per heavy atom. The maximum absolute atomic E-state index is 6.64. The molecule has 54 heavy (non-hydrogen) atoms. The summed E-state index contributed by atoms with van der Waals surface area (Å²) in [6.45, 7) is 52.9. The average Bonchev–Trinajstić information content (AvgIpc) is 3.89. The minimum atomic E-state index is -0.569. The molecule has 14 heteroatoms. The van der Waals surface area contributed by atoms with Crippen LogP contribution in [0.5, 0.6) is 0 Å². The second-order valence-electron chi connectivity index (χ2n) is 12.5. The first-order valence-corrected chi connectivity index (χ1v) is 26.5. The Kier molecular flexibility index (Phi) is 28.1. The van der Waals surface area contributed by atoms with Gasteiger partial charge in [-0.25, -0.2) is 0 Å². The van der Waals surface area contributed by atoms with Crippen molar-refractivity contribution < 1.29 is 8.83 Å². The van der Waals surface area contributed by atoms with E-state index >= 15 is 0 Å². The zero-order valence-electron chi connectivity index (χ0n) is 37.8. The predicted molar refractivity (Wildman–Crippen MR) is 247 cm³/mol. The molecule has 0 spiro atoms. The number of hydrogen-bond acceptors (Lipinski definition) is 10. The standard InChI is InChI=1S/2C20H42N4OP2/c2*1-9-21(10-2)26(22(11-3)12-4)19-17-18-20(25-19)27(23(13-5)14-6)24(15-7)16-8/h2*17-18H,9-16H2,1-8H3. The van der Waals surface area contributed by atoms with Crippen molar-refractivity contribution in [3.05, 3.63) is 24.3 Å². The van der Waals surface area contributed by atoms with Gasteiger partial charge in [-0.2, -0.15) is 0 Å². The van der Waals surface area contributed by atoms with E-state index in [-0.39, 0.29) is 0 Å². The Bertz CT molecular complexity index is 953. The van der Waals surface area contributed by atoms with E-state index in [1.165, 1.54) is 0 Å². The minimum absolute atomic E-state index is 0.569. The van der Waals surface area contributed by atoms with Crippen LogP contribution in [0.2, 0.25) is 0 Å². The first-order valence-electron chi connectivity index (χ1n) is 21.5. The first-order chi connectivity index (χ1) is 26.1. The maximum atomic E-state index is 6.64. The van der Waals surface area contributed by atoms with E-state index in [4.69, 9.17) is 8.83 Å². The Morgan fingerprint density at radius 3 is 0.463 bits per heavy atom. The summed E-state index contributed by atoms with van der Waals surface area (Å²) >= 11 is 0. The highest BCUT2D eigenvalue weighted by Crippen LogP contribution is 2.48. The summed E-state index contributed by atoms with van der Waals surface area (Å²) in [5.74, 6) is 0. The lowest BCUT2D eigenvalue weighted by Gasteiger charge is -2.37. The van der Waals surface area contributed by atoms with E-state index in [1.807, 2.05) is 0 Å². The molecule has 2 heterocycles. The van der Waals surface area contributed by atoms with Gasteiger partial charge >= 0.3 is 0 Å². The van der Waals surface area contributed by atoms with Crippen molar-refractivity contribution in [2.24, 2.45) is 0 Å². The summed E-state index contributed by atoms with van der Waals surface area (Å²) in [6, 6.07) is 9.00. The number of rotatable bonds is 28. The monoisotopic (exact) mass is 833 g/mol. The fraction of sp³-hybridized carbons (Fsp3) is 0.800. The van der Waals surface area contributed by atoms with Gasteiger partial charge < -0.3 is 8.83 Å². The molecule has 0 amide bonds. The van der Waals surface area contributed by atoms with Gasteiger partial charge in [-0.3, -0.25) is 37.4 Å². The van der Waals surface area contributed by atoms with Crippen molar-refractivity contribution in [2.45, 2.75) is 111 Å². The number of furan rings is 2. The summed E-state index contributed by atoms with van der Waals surface area (Å²) in [7, 11) is -2.28. The van der Waals surface area contributed by atoms with E-state index in [9.17, 15) is 0 Å². The van der Waals surface area contributed by atoms with Gasteiger partial charge in [-0.15, -0.1) is 0 Å². The highest BCUT2D eigenvalue weighted by Gasteiger charge is 2.33. The third-order valence-corrected chi connectivity index (χ3v) is 21.3. The SMILES string of the molecule is CCN(CC)P(c1ccc(P(N(CC)CC)N(CC)CC)o1)N(CC)CC.CCN(CC)P(c1ccc(P(N(CC)CC)N(CC)CC)o1)N(CC)CC. The second kappa shape index (κ2) is 29.2. The van der Waals surface area contributed by atoms with Crippen LogP contribution in [0.25, 0.3) is 0 Å². The maximum Gasteiger partial charge on any atom is 0.157 e. The molecule has 0 fully saturated rings. The van der Waals surface area contributed by atoms with Crippen molar-refractivity contribution >= 4 is 54.9 Å². The molecule has 0 N–H and O–H groups in total. The van der Waals surface area contributed by atoms with Crippen molar-refractivity contribution in [2.75, 3.05) is 105 Å². The van der Waals surface area contributed by atoms with E-state index in [0.717, 1.165) is 127 Å². The molecule has 2 aromatic heterocycles. The van der Waals surface area contributed by atoms with Gasteiger partial charge in [0.15, 0.2) is 22.0 Å². The average molecular weight is 833 g/mol. The van der Waals surface area contributed by atoms with E-state index in [0.29, 0.717) is 0 Å². The van der Waals surface area contributed by atoms with E-state index < -0.39 is 32.9 Å². The Morgan fingerprint density at radius 2 is 0.370 bits per heavy atom. The molecule has 0 aliphatic rings. The molecule has 10 nitrogen and oxygen atoms in total. The van der Waals surface area contributed by atoms with E-state index in [1.54, 1.807) is 0 Å². The highest BCUT2D eigenvalue weighted by atomic mass is 31.1. The third kappa shape index (κ3) is 14.1. The molecule has 0 bridgehead atoms. The lowest BCUT2D eigenvalue weighted by Crippen LogP contribution is -2.35. The third-order valence-electron chi connectivity index (χ3n) is 9.93. The summed E-state index contributed by atoms with van der Waals surface area (Å²) in [6.07, 6.45) is 0.